The van der Waals surface area contributed by atoms with Gasteiger partial charge in [-0.1, -0.05) is 23.7 Å². The summed E-state index contributed by atoms with van der Waals surface area (Å²) in [7, 11) is -2.29. The minimum atomic E-state index is -3.80. The Morgan fingerprint density at radius 2 is 1.90 bits per heavy atom. The Bertz CT molecular complexity index is 1090. The second-order valence-corrected chi connectivity index (χ2v) is 8.78. The summed E-state index contributed by atoms with van der Waals surface area (Å²) in [6.07, 6.45) is 3.04. The largest absolute Gasteiger partial charge is 0.497 e. The second kappa shape index (κ2) is 9.07. The molecule has 0 saturated carbocycles. The third kappa shape index (κ3) is 4.93. The van der Waals surface area contributed by atoms with Crippen molar-refractivity contribution in [2.45, 2.75) is 10.1 Å². The standard InChI is InChI=1S/C21H19ClN2O4S/c1-28-18-7-9-19(10-8-18)29(26,27)20(16-5-3-11-23-13-16)14-24-21(25)15-4-2-6-17(22)12-15/h2-13,20H,14H2,1H3,(H,24,25)/t20-/m1/s1. The fraction of sp³-hybridized carbons (Fsp3) is 0.143. The molecule has 29 heavy (non-hydrogen) atoms. The maximum absolute atomic E-state index is 13.3. The van der Waals surface area contributed by atoms with Crippen LogP contribution in [0.5, 0.6) is 5.75 Å². The van der Waals surface area contributed by atoms with Gasteiger partial charge in [0.2, 0.25) is 0 Å². The molecule has 1 amide bonds. The van der Waals surface area contributed by atoms with Crippen LogP contribution in [-0.2, 0) is 9.84 Å². The molecule has 0 radical (unpaired) electrons. The monoisotopic (exact) mass is 430 g/mol. The predicted octanol–water partition coefficient (Wildman–Crippen LogP) is 3.69. The van der Waals surface area contributed by atoms with Gasteiger partial charge in [-0.2, -0.15) is 0 Å². The molecule has 0 aliphatic rings. The minimum absolute atomic E-state index is 0.120. The molecule has 1 atom stereocenters. The molecule has 0 unspecified atom stereocenters. The molecule has 3 rings (SSSR count). The van der Waals surface area contributed by atoms with Gasteiger partial charge in [0.15, 0.2) is 9.84 Å². The highest BCUT2D eigenvalue weighted by molar-refractivity contribution is 7.91. The fourth-order valence-corrected chi connectivity index (χ4v) is 4.65. The van der Waals surface area contributed by atoms with Crippen molar-refractivity contribution in [3.8, 4) is 5.75 Å². The van der Waals surface area contributed by atoms with Crippen LogP contribution < -0.4 is 10.1 Å². The van der Waals surface area contributed by atoms with E-state index in [2.05, 4.69) is 10.3 Å². The zero-order valence-corrected chi connectivity index (χ0v) is 17.2. The van der Waals surface area contributed by atoms with Gasteiger partial charge in [-0.3, -0.25) is 9.78 Å². The number of halogens is 1. The van der Waals surface area contributed by atoms with Gasteiger partial charge in [0.1, 0.15) is 11.0 Å². The molecule has 1 aromatic heterocycles. The fourth-order valence-electron chi connectivity index (χ4n) is 2.82. The van der Waals surface area contributed by atoms with Crippen LogP contribution >= 0.6 is 11.6 Å². The lowest BCUT2D eigenvalue weighted by Crippen LogP contribution is -2.32. The molecule has 1 heterocycles. The third-order valence-corrected chi connectivity index (χ3v) is 6.71. The average Bonchev–Trinajstić information content (AvgIpc) is 2.74. The number of benzene rings is 2. The molecule has 3 aromatic rings. The summed E-state index contributed by atoms with van der Waals surface area (Å²) in [6.45, 7) is -0.120. The number of ether oxygens (including phenoxy) is 1. The number of pyridine rings is 1. The van der Waals surface area contributed by atoms with Crippen molar-refractivity contribution in [2.75, 3.05) is 13.7 Å². The van der Waals surface area contributed by atoms with Gasteiger partial charge in [0, 0.05) is 29.5 Å². The Morgan fingerprint density at radius 1 is 1.14 bits per heavy atom. The first-order valence-electron chi connectivity index (χ1n) is 8.73. The van der Waals surface area contributed by atoms with Gasteiger partial charge in [-0.25, -0.2) is 8.42 Å². The molecular weight excluding hydrogens is 412 g/mol. The zero-order chi connectivity index (χ0) is 20.9. The summed E-state index contributed by atoms with van der Waals surface area (Å²) >= 11 is 5.93. The minimum Gasteiger partial charge on any atom is -0.497 e. The highest BCUT2D eigenvalue weighted by Gasteiger charge is 2.30. The van der Waals surface area contributed by atoms with Crippen LogP contribution in [0.4, 0.5) is 0 Å². The molecular formula is C21H19ClN2O4S. The number of carbonyl (C=O) groups excluding carboxylic acids is 1. The number of nitrogens with zero attached hydrogens (tertiary/aromatic N) is 1. The molecule has 2 aromatic carbocycles. The maximum atomic E-state index is 13.3. The van der Waals surface area contributed by atoms with Crippen molar-refractivity contribution >= 4 is 27.3 Å². The molecule has 0 saturated heterocycles. The van der Waals surface area contributed by atoms with Gasteiger partial charge in [0.05, 0.1) is 12.0 Å². The first-order chi connectivity index (χ1) is 13.9. The van der Waals surface area contributed by atoms with Crippen LogP contribution in [0.3, 0.4) is 0 Å². The third-order valence-electron chi connectivity index (χ3n) is 4.35. The lowest BCUT2D eigenvalue weighted by Gasteiger charge is -2.19. The van der Waals surface area contributed by atoms with Gasteiger partial charge in [-0.15, -0.1) is 0 Å². The van der Waals surface area contributed by atoms with Gasteiger partial charge in [0.25, 0.3) is 5.91 Å². The van der Waals surface area contributed by atoms with E-state index in [1.807, 2.05) is 0 Å². The van der Waals surface area contributed by atoms with Crippen LogP contribution in [0.25, 0.3) is 0 Å². The number of methoxy groups -OCH3 is 1. The molecule has 6 nitrogen and oxygen atoms in total. The summed E-state index contributed by atoms with van der Waals surface area (Å²) in [5, 5.41) is 2.11. The van der Waals surface area contributed by atoms with E-state index in [0.29, 0.717) is 21.9 Å². The Kier molecular flexibility index (Phi) is 6.51. The molecule has 0 fully saturated rings. The maximum Gasteiger partial charge on any atom is 0.251 e. The van der Waals surface area contributed by atoms with E-state index < -0.39 is 21.0 Å². The number of sulfone groups is 1. The van der Waals surface area contributed by atoms with Crippen molar-refractivity contribution in [1.29, 1.82) is 0 Å². The lowest BCUT2D eigenvalue weighted by molar-refractivity contribution is 0.0953. The number of hydrogen-bond donors (Lipinski definition) is 1. The van der Waals surface area contributed by atoms with Gasteiger partial charge >= 0.3 is 0 Å². The Morgan fingerprint density at radius 3 is 2.52 bits per heavy atom. The van der Waals surface area contributed by atoms with Crippen LogP contribution in [0.1, 0.15) is 21.2 Å². The molecule has 0 aliphatic carbocycles. The molecule has 8 heteroatoms. The lowest BCUT2D eigenvalue weighted by atomic mass is 10.2. The van der Waals surface area contributed by atoms with Crippen LogP contribution in [0, 0.1) is 0 Å². The Balaban J connectivity index is 1.89. The predicted molar refractivity (Wildman–Crippen MR) is 111 cm³/mol. The number of rotatable bonds is 7. The first kappa shape index (κ1) is 20.8. The Hall–Kier alpha value is -2.90. The second-order valence-electron chi connectivity index (χ2n) is 6.22. The van der Waals surface area contributed by atoms with E-state index in [4.69, 9.17) is 16.3 Å². The normalized spacial score (nSPS) is 12.2. The van der Waals surface area contributed by atoms with E-state index in [1.165, 1.54) is 31.5 Å². The van der Waals surface area contributed by atoms with Crippen molar-refractivity contribution < 1.29 is 17.9 Å². The number of carbonyl (C=O) groups is 1. The van der Waals surface area contributed by atoms with Crippen molar-refractivity contribution in [3.05, 3.63) is 89.2 Å². The van der Waals surface area contributed by atoms with Crippen LogP contribution in [0.15, 0.2) is 78.0 Å². The topological polar surface area (TPSA) is 85.4 Å². The van der Waals surface area contributed by atoms with Crippen molar-refractivity contribution in [2.24, 2.45) is 0 Å². The van der Waals surface area contributed by atoms with E-state index in [1.54, 1.807) is 48.7 Å². The summed E-state index contributed by atoms with van der Waals surface area (Å²) < 4.78 is 31.7. The van der Waals surface area contributed by atoms with Crippen LogP contribution in [0.2, 0.25) is 5.02 Å². The van der Waals surface area contributed by atoms with Gasteiger partial charge < -0.3 is 10.1 Å². The summed E-state index contributed by atoms with van der Waals surface area (Å²) in [4.78, 5) is 16.6. The molecule has 0 aliphatic heterocycles. The quantitative estimate of drug-likeness (QED) is 0.617. The molecule has 0 spiro atoms. The van der Waals surface area contributed by atoms with Gasteiger partial charge in [-0.05, 0) is 54.1 Å². The highest BCUT2D eigenvalue weighted by atomic mass is 35.5. The van der Waals surface area contributed by atoms with Crippen LogP contribution in [-0.4, -0.2) is 33.0 Å². The molecule has 1 N–H and O–H groups in total. The van der Waals surface area contributed by atoms with E-state index >= 15 is 0 Å². The highest BCUT2D eigenvalue weighted by Crippen LogP contribution is 2.29. The summed E-state index contributed by atoms with van der Waals surface area (Å²) in [5.41, 5.74) is 0.832. The average molecular weight is 431 g/mol. The van der Waals surface area contributed by atoms with E-state index in [9.17, 15) is 13.2 Å². The van der Waals surface area contributed by atoms with Crippen molar-refractivity contribution in [3.63, 3.8) is 0 Å². The van der Waals surface area contributed by atoms with E-state index in [-0.39, 0.29) is 11.4 Å². The smallest absolute Gasteiger partial charge is 0.251 e. The first-order valence-corrected chi connectivity index (χ1v) is 10.7. The number of hydrogen-bond acceptors (Lipinski definition) is 5. The molecule has 0 bridgehead atoms. The SMILES string of the molecule is COc1ccc(S(=O)(=O)[C@H](CNC(=O)c2cccc(Cl)c2)c2cccnc2)cc1. The summed E-state index contributed by atoms with van der Waals surface area (Å²) in [6, 6.07) is 15.9. The molecule has 150 valence electrons. The summed E-state index contributed by atoms with van der Waals surface area (Å²) in [5.74, 6) is 0.141. The zero-order valence-electron chi connectivity index (χ0n) is 15.6. The number of amides is 1. The number of nitrogens with one attached hydrogen (secondary N) is 1. The van der Waals surface area contributed by atoms with Crippen molar-refractivity contribution in [1.82, 2.24) is 10.3 Å². The Labute approximate surface area is 174 Å². The number of aromatic nitrogens is 1. The van der Waals surface area contributed by atoms with E-state index in [0.717, 1.165) is 0 Å².